The lowest BCUT2D eigenvalue weighted by molar-refractivity contribution is 0.555. The first-order valence-electron chi connectivity index (χ1n) is 6.15. The minimum Gasteiger partial charge on any atom is -0.370 e. The van der Waals surface area contributed by atoms with Gasteiger partial charge in [-0.2, -0.15) is 0 Å². The molecule has 0 spiro atoms. The molecule has 1 aliphatic heterocycles. The normalized spacial score (nSPS) is 17.9. The second-order valence-corrected chi connectivity index (χ2v) is 4.66. The molecular weight excluding hydrogens is 220 g/mol. The van der Waals surface area contributed by atoms with Gasteiger partial charge in [0.2, 0.25) is 0 Å². The van der Waals surface area contributed by atoms with Crippen LogP contribution in [0.15, 0.2) is 18.5 Å². The summed E-state index contributed by atoms with van der Waals surface area (Å²) < 4.78 is 0. The molecule has 3 heteroatoms. The third-order valence-corrected chi connectivity index (χ3v) is 3.52. The van der Waals surface area contributed by atoms with Gasteiger partial charge in [0.25, 0.3) is 0 Å². The Bertz CT molecular complexity index is 319. The van der Waals surface area contributed by atoms with Crippen molar-refractivity contribution >= 4 is 17.3 Å². The molecule has 16 heavy (non-hydrogen) atoms. The average Bonchev–Trinajstić information content (AvgIpc) is 2.29. The maximum atomic E-state index is 5.97. The highest BCUT2D eigenvalue weighted by molar-refractivity contribution is 6.17. The first kappa shape index (κ1) is 11.7. The second-order valence-electron chi connectivity index (χ2n) is 4.39. The second kappa shape index (κ2) is 6.09. The molecule has 0 atom stereocenters. The van der Waals surface area contributed by atoms with Gasteiger partial charge < -0.3 is 4.90 Å². The standard InChI is InChI=1S/C13H19ClN2/c14-10-12-6-7-15-11-13(12)16-8-4-2-1-3-5-9-16/h6-7,11H,1-5,8-10H2. The van der Waals surface area contributed by atoms with Crippen LogP contribution in [0.5, 0.6) is 0 Å². The van der Waals surface area contributed by atoms with Crippen LogP contribution in [-0.2, 0) is 5.88 Å². The molecule has 1 aliphatic rings. The zero-order valence-electron chi connectivity index (χ0n) is 9.66. The summed E-state index contributed by atoms with van der Waals surface area (Å²) in [6.07, 6.45) is 10.5. The van der Waals surface area contributed by atoms with Crippen molar-refractivity contribution in [3.63, 3.8) is 0 Å². The fraction of sp³-hybridized carbons (Fsp3) is 0.615. The molecule has 1 aromatic rings. The van der Waals surface area contributed by atoms with Crippen LogP contribution < -0.4 is 4.90 Å². The Labute approximate surface area is 103 Å². The number of anilines is 1. The van der Waals surface area contributed by atoms with Gasteiger partial charge >= 0.3 is 0 Å². The SMILES string of the molecule is ClCc1ccncc1N1CCCCCCC1. The van der Waals surface area contributed by atoms with E-state index in [-0.39, 0.29) is 0 Å². The Morgan fingerprint density at radius 2 is 1.81 bits per heavy atom. The monoisotopic (exact) mass is 238 g/mol. The number of alkyl halides is 1. The molecule has 88 valence electrons. The van der Waals surface area contributed by atoms with Gasteiger partial charge in [-0.15, -0.1) is 11.6 Å². The molecular formula is C13H19ClN2. The molecule has 2 heterocycles. The van der Waals surface area contributed by atoms with Crippen molar-refractivity contribution in [3.8, 4) is 0 Å². The van der Waals surface area contributed by atoms with Crippen molar-refractivity contribution < 1.29 is 0 Å². The predicted molar refractivity (Wildman–Crippen MR) is 69.1 cm³/mol. The highest BCUT2D eigenvalue weighted by Crippen LogP contribution is 2.23. The zero-order chi connectivity index (χ0) is 11.2. The first-order valence-corrected chi connectivity index (χ1v) is 6.69. The van der Waals surface area contributed by atoms with E-state index >= 15 is 0 Å². The van der Waals surface area contributed by atoms with Crippen LogP contribution in [0.25, 0.3) is 0 Å². The highest BCUT2D eigenvalue weighted by Gasteiger charge is 2.12. The number of hydrogen-bond acceptors (Lipinski definition) is 2. The van der Waals surface area contributed by atoms with Crippen LogP contribution in [0, 0.1) is 0 Å². The quantitative estimate of drug-likeness (QED) is 0.732. The van der Waals surface area contributed by atoms with Crippen molar-refractivity contribution in [2.45, 2.75) is 38.0 Å². The topological polar surface area (TPSA) is 16.1 Å². The summed E-state index contributed by atoms with van der Waals surface area (Å²) in [5, 5.41) is 0. The fourth-order valence-corrected chi connectivity index (χ4v) is 2.53. The van der Waals surface area contributed by atoms with E-state index in [4.69, 9.17) is 11.6 Å². The Balaban J connectivity index is 2.13. The van der Waals surface area contributed by atoms with Crippen LogP contribution in [0.1, 0.15) is 37.7 Å². The summed E-state index contributed by atoms with van der Waals surface area (Å²) >= 11 is 5.97. The summed E-state index contributed by atoms with van der Waals surface area (Å²) in [6, 6.07) is 2.03. The van der Waals surface area contributed by atoms with E-state index in [1.54, 1.807) is 0 Å². The third-order valence-electron chi connectivity index (χ3n) is 3.23. The molecule has 2 rings (SSSR count). The number of hydrogen-bond donors (Lipinski definition) is 0. The maximum absolute atomic E-state index is 5.97. The molecule has 0 N–H and O–H groups in total. The lowest BCUT2D eigenvalue weighted by Crippen LogP contribution is -2.27. The van der Waals surface area contributed by atoms with Gasteiger partial charge in [0.1, 0.15) is 0 Å². The predicted octanol–water partition coefficient (Wildman–Crippen LogP) is 3.59. The van der Waals surface area contributed by atoms with Crippen LogP contribution >= 0.6 is 11.6 Å². The highest BCUT2D eigenvalue weighted by atomic mass is 35.5. The van der Waals surface area contributed by atoms with E-state index < -0.39 is 0 Å². The maximum Gasteiger partial charge on any atom is 0.0597 e. The molecule has 0 aromatic carbocycles. The Morgan fingerprint density at radius 3 is 2.50 bits per heavy atom. The molecule has 0 aliphatic carbocycles. The van der Waals surface area contributed by atoms with E-state index in [2.05, 4.69) is 9.88 Å². The summed E-state index contributed by atoms with van der Waals surface area (Å²) in [6.45, 7) is 2.30. The van der Waals surface area contributed by atoms with Gasteiger partial charge in [-0.25, -0.2) is 0 Å². The smallest absolute Gasteiger partial charge is 0.0597 e. The van der Waals surface area contributed by atoms with E-state index in [0.717, 1.165) is 13.1 Å². The molecule has 0 saturated carbocycles. The van der Waals surface area contributed by atoms with Crippen LogP contribution in [0.3, 0.4) is 0 Å². The summed E-state index contributed by atoms with van der Waals surface area (Å²) in [4.78, 5) is 6.67. The number of aromatic nitrogens is 1. The van der Waals surface area contributed by atoms with E-state index in [1.165, 1.54) is 43.4 Å². The zero-order valence-corrected chi connectivity index (χ0v) is 10.4. The lowest BCUT2D eigenvalue weighted by Gasteiger charge is -2.28. The van der Waals surface area contributed by atoms with Crippen molar-refractivity contribution in [1.29, 1.82) is 0 Å². The lowest BCUT2D eigenvalue weighted by atomic mass is 10.1. The van der Waals surface area contributed by atoms with Gasteiger partial charge in [-0.05, 0) is 24.5 Å². The van der Waals surface area contributed by atoms with Crippen LogP contribution in [0.4, 0.5) is 5.69 Å². The molecule has 1 fully saturated rings. The van der Waals surface area contributed by atoms with Crippen molar-refractivity contribution in [2.75, 3.05) is 18.0 Å². The molecule has 1 saturated heterocycles. The molecule has 2 nitrogen and oxygen atoms in total. The van der Waals surface area contributed by atoms with Crippen molar-refractivity contribution in [2.24, 2.45) is 0 Å². The summed E-state index contributed by atoms with van der Waals surface area (Å²) in [5.74, 6) is 0.578. The minimum absolute atomic E-state index is 0.578. The summed E-state index contributed by atoms with van der Waals surface area (Å²) in [7, 11) is 0. The van der Waals surface area contributed by atoms with Gasteiger partial charge in [0.15, 0.2) is 0 Å². The van der Waals surface area contributed by atoms with Gasteiger partial charge in [-0.1, -0.05) is 19.3 Å². The molecule has 0 amide bonds. The molecule has 1 aromatic heterocycles. The Hall–Kier alpha value is -0.760. The molecule has 0 unspecified atom stereocenters. The van der Waals surface area contributed by atoms with Gasteiger partial charge in [0, 0.05) is 25.2 Å². The third kappa shape index (κ3) is 2.88. The van der Waals surface area contributed by atoms with E-state index in [9.17, 15) is 0 Å². The largest absolute Gasteiger partial charge is 0.370 e. The van der Waals surface area contributed by atoms with Crippen molar-refractivity contribution in [3.05, 3.63) is 24.0 Å². The molecule has 0 radical (unpaired) electrons. The minimum atomic E-state index is 0.578. The van der Waals surface area contributed by atoms with Crippen LogP contribution in [-0.4, -0.2) is 18.1 Å². The average molecular weight is 239 g/mol. The van der Waals surface area contributed by atoms with Crippen LogP contribution in [0.2, 0.25) is 0 Å². The number of rotatable bonds is 2. The van der Waals surface area contributed by atoms with E-state index in [1.807, 2.05) is 18.5 Å². The number of nitrogens with zero attached hydrogens (tertiary/aromatic N) is 2. The van der Waals surface area contributed by atoms with E-state index in [0.29, 0.717) is 5.88 Å². The Kier molecular flexibility index (Phi) is 4.46. The number of pyridine rings is 1. The first-order chi connectivity index (χ1) is 7.92. The Morgan fingerprint density at radius 1 is 1.12 bits per heavy atom. The molecule has 0 bridgehead atoms. The summed E-state index contributed by atoms with van der Waals surface area (Å²) in [5.41, 5.74) is 2.44. The van der Waals surface area contributed by atoms with Gasteiger partial charge in [0.05, 0.1) is 11.9 Å². The fourth-order valence-electron chi connectivity index (χ4n) is 2.30. The number of halogens is 1. The van der Waals surface area contributed by atoms with Gasteiger partial charge in [-0.3, -0.25) is 4.98 Å². The van der Waals surface area contributed by atoms with Crippen molar-refractivity contribution in [1.82, 2.24) is 4.98 Å².